The number of hydrogen-bond donors (Lipinski definition) is 3. The second-order valence-corrected chi connectivity index (χ2v) is 4.80. The third-order valence-corrected chi connectivity index (χ3v) is 2.82. The van der Waals surface area contributed by atoms with Gasteiger partial charge in [0.2, 0.25) is 5.91 Å². The van der Waals surface area contributed by atoms with E-state index in [1.165, 1.54) is 12.1 Å². The molecule has 0 aliphatic carbocycles. The van der Waals surface area contributed by atoms with Crippen molar-refractivity contribution in [2.45, 2.75) is 19.9 Å². The number of hydrogen-bond acceptors (Lipinski definition) is 3. The van der Waals surface area contributed by atoms with Gasteiger partial charge in [-0.05, 0) is 24.1 Å². The average molecular weight is 291 g/mol. The third-order valence-electron chi connectivity index (χ3n) is 2.82. The molecule has 1 rings (SSSR count). The molecule has 0 saturated heterocycles. The Morgan fingerprint density at radius 2 is 2.05 bits per heavy atom. The lowest BCUT2D eigenvalue weighted by Crippen LogP contribution is -2.47. The highest BCUT2D eigenvalue weighted by atomic mass is 19.1. The molecule has 6 heteroatoms. The highest BCUT2D eigenvalue weighted by Crippen LogP contribution is 2.10. The first kappa shape index (κ1) is 16.7. The molecular formula is C15H18FN3O2. The Labute approximate surface area is 122 Å². The molecule has 1 unspecified atom stereocenters. The molecule has 1 aromatic carbocycles. The summed E-state index contributed by atoms with van der Waals surface area (Å²) in [4.78, 5) is 23.3. The minimum Gasteiger partial charge on any atom is -0.368 e. The Hall–Kier alpha value is -2.39. The SMILES string of the molecule is CC(C)C(NC(=O)c1ccc(C#CCN)c(F)c1)C(N)=O. The van der Waals surface area contributed by atoms with Gasteiger partial charge in [-0.3, -0.25) is 9.59 Å². The van der Waals surface area contributed by atoms with Gasteiger partial charge in [-0.2, -0.15) is 0 Å². The second kappa shape index (κ2) is 7.41. The Balaban J connectivity index is 2.93. The van der Waals surface area contributed by atoms with Crippen LogP contribution in [0, 0.1) is 23.6 Å². The maximum Gasteiger partial charge on any atom is 0.252 e. The van der Waals surface area contributed by atoms with Crippen molar-refractivity contribution >= 4 is 11.8 Å². The van der Waals surface area contributed by atoms with Gasteiger partial charge in [-0.15, -0.1) is 0 Å². The Bertz CT molecular complexity index is 603. The average Bonchev–Trinajstić information content (AvgIpc) is 2.42. The molecule has 1 aromatic rings. The molecule has 0 spiro atoms. The van der Waals surface area contributed by atoms with Crippen LogP contribution in [-0.2, 0) is 4.79 Å². The van der Waals surface area contributed by atoms with Crippen molar-refractivity contribution in [1.29, 1.82) is 0 Å². The first-order valence-electron chi connectivity index (χ1n) is 6.45. The number of carbonyl (C=O) groups is 2. The molecule has 0 bridgehead atoms. The third kappa shape index (κ3) is 4.58. The molecule has 0 fully saturated rings. The molecule has 0 radical (unpaired) electrons. The van der Waals surface area contributed by atoms with Crippen LogP contribution in [-0.4, -0.2) is 24.4 Å². The monoisotopic (exact) mass is 291 g/mol. The first-order chi connectivity index (χ1) is 9.86. The maximum atomic E-state index is 13.8. The molecule has 2 amide bonds. The molecule has 0 aromatic heterocycles. The summed E-state index contributed by atoms with van der Waals surface area (Å²) in [5, 5.41) is 2.49. The van der Waals surface area contributed by atoms with Gasteiger partial charge in [0.25, 0.3) is 5.91 Å². The van der Waals surface area contributed by atoms with Gasteiger partial charge in [0.15, 0.2) is 0 Å². The van der Waals surface area contributed by atoms with Gasteiger partial charge in [-0.1, -0.05) is 25.7 Å². The largest absolute Gasteiger partial charge is 0.368 e. The predicted octanol–water partition coefficient (Wildman–Crippen LogP) is 0.376. The molecule has 0 aliphatic rings. The van der Waals surface area contributed by atoms with E-state index in [1.54, 1.807) is 13.8 Å². The van der Waals surface area contributed by atoms with Gasteiger partial charge in [0.05, 0.1) is 12.1 Å². The standard InChI is InChI=1S/C15H18FN3O2/c1-9(2)13(14(18)20)19-15(21)11-6-5-10(4-3-7-17)12(16)8-11/h5-6,8-9,13H,7,17H2,1-2H3,(H2,18,20)(H,19,21). The number of carbonyl (C=O) groups excluding carboxylic acids is 2. The van der Waals surface area contributed by atoms with E-state index in [1.807, 2.05) is 0 Å². The van der Waals surface area contributed by atoms with Gasteiger partial charge in [0.1, 0.15) is 11.9 Å². The van der Waals surface area contributed by atoms with Crippen molar-refractivity contribution in [3.8, 4) is 11.8 Å². The van der Waals surface area contributed by atoms with Gasteiger partial charge in [-0.25, -0.2) is 4.39 Å². The van der Waals surface area contributed by atoms with Crippen LogP contribution in [0.2, 0.25) is 0 Å². The van der Waals surface area contributed by atoms with Crippen LogP contribution < -0.4 is 16.8 Å². The Kier molecular flexibility index (Phi) is 5.88. The Morgan fingerprint density at radius 3 is 2.52 bits per heavy atom. The number of primary amides is 1. The van der Waals surface area contributed by atoms with E-state index in [-0.39, 0.29) is 23.6 Å². The summed E-state index contributed by atoms with van der Waals surface area (Å²) in [6.07, 6.45) is 0. The van der Waals surface area contributed by atoms with Crippen molar-refractivity contribution in [2.24, 2.45) is 17.4 Å². The molecule has 5 nitrogen and oxygen atoms in total. The van der Waals surface area contributed by atoms with Crippen molar-refractivity contribution in [1.82, 2.24) is 5.32 Å². The van der Waals surface area contributed by atoms with E-state index in [0.717, 1.165) is 6.07 Å². The smallest absolute Gasteiger partial charge is 0.252 e. The zero-order valence-corrected chi connectivity index (χ0v) is 11.9. The second-order valence-electron chi connectivity index (χ2n) is 4.80. The number of nitrogens with two attached hydrogens (primary N) is 2. The predicted molar refractivity (Wildman–Crippen MR) is 77.6 cm³/mol. The van der Waals surface area contributed by atoms with E-state index in [2.05, 4.69) is 17.2 Å². The van der Waals surface area contributed by atoms with E-state index in [9.17, 15) is 14.0 Å². The summed E-state index contributed by atoms with van der Waals surface area (Å²) in [6, 6.07) is 3.07. The van der Waals surface area contributed by atoms with Crippen LogP contribution in [0.5, 0.6) is 0 Å². The summed E-state index contributed by atoms with van der Waals surface area (Å²) >= 11 is 0. The van der Waals surface area contributed by atoms with Crippen LogP contribution in [0.3, 0.4) is 0 Å². The lowest BCUT2D eigenvalue weighted by atomic mass is 10.0. The van der Waals surface area contributed by atoms with Crippen LogP contribution in [0.15, 0.2) is 18.2 Å². The summed E-state index contributed by atoms with van der Waals surface area (Å²) in [7, 11) is 0. The van der Waals surface area contributed by atoms with E-state index < -0.39 is 23.7 Å². The first-order valence-corrected chi connectivity index (χ1v) is 6.45. The minimum absolute atomic E-state index is 0.0951. The molecule has 1 atom stereocenters. The molecule has 0 saturated carbocycles. The summed E-state index contributed by atoms with van der Waals surface area (Å²) in [5.41, 5.74) is 10.7. The number of nitrogens with one attached hydrogen (secondary N) is 1. The van der Waals surface area contributed by atoms with Crippen LogP contribution in [0.4, 0.5) is 4.39 Å². The van der Waals surface area contributed by atoms with Gasteiger partial charge in [0, 0.05) is 5.56 Å². The van der Waals surface area contributed by atoms with E-state index in [4.69, 9.17) is 11.5 Å². The quantitative estimate of drug-likeness (QED) is 0.699. The normalized spacial score (nSPS) is 11.5. The summed E-state index contributed by atoms with van der Waals surface area (Å²) in [5.74, 6) is 3.11. The molecule has 112 valence electrons. The fourth-order valence-electron chi connectivity index (χ4n) is 1.69. The van der Waals surface area contributed by atoms with Crippen LogP contribution >= 0.6 is 0 Å². The van der Waals surface area contributed by atoms with E-state index in [0.29, 0.717) is 0 Å². The maximum absolute atomic E-state index is 13.8. The molecule has 21 heavy (non-hydrogen) atoms. The van der Waals surface area contributed by atoms with Gasteiger partial charge < -0.3 is 16.8 Å². The number of halogens is 1. The zero-order chi connectivity index (χ0) is 16.0. The molecule has 5 N–H and O–H groups in total. The zero-order valence-electron chi connectivity index (χ0n) is 11.9. The van der Waals surface area contributed by atoms with Crippen LogP contribution in [0.1, 0.15) is 29.8 Å². The number of rotatable bonds is 4. The summed E-state index contributed by atoms with van der Waals surface area (Å²) in [6.45, 7) is 3.62. The summed E-state index contributed by atoms with van der Waals surface area (Å²) < 4.78 is 13.8. The van der Waals surface area contributed by atoms with Crippen molar-refractivity contribution in [3.05, 3.63) is 35.1 Å². The molecule has 0 heterocycles. The Morgan fingerprint density at radius 1 is 1.38 bits per heavy atom. The van der Waals surface area contributed by atoms with Crippen molar-refractivity contribution in [2.75, 3.05) is 6.54 Å². The highest BCUT2D eigenvalue weighted by molar-refractivity contribution is 5.97. The van der Waals surface area contributed by atoms with Crippen molar-refractivity contribution < 1.29 is 14.0 Å². The molecule has 0 aliphatic heterocycles. The molecular weight excluding hydrogens is 273 g/mol. The van der Waals surface area contributed by atoms with Crippen LogP contribution in [0.25, 0.3) is 0 Å². The lowest BCUT2D eigenvalue weighted by molar-refractivity contribution is -0.120. The topological polar surface area (TPSA) is 98.2 Å². The number of benzene rings is 1. The fraction of sp³-hybridized carbons (Fsp3) is 0.333. The van der Waals surface area contributed by atoms with Gasteiger partial charge >= 0.3 is 0 Å². The minimum atomic E-state index is -0.808. The lowest BCUT2D eigenvalue weighted by Gasteiger charge is -2.18. The fourth-order valence-corrected chi connectivity index (χ4v) is 1.69. The number of amides is 2. The highest BCUT2D eigenvalue weighted by Gasteiger charge is 2.22. The van der Waals surface area contributed by atoms with E-state index >= 15 is 0 Å². The van der Waals surface area contributed by atoms with Crippen molar-refractivity contribution in [3.63, 3.8) is 0 Å².